The van der Waals surface area contributed by atoms with Crippen molar-refractivity contribution < 1.29 is 14.3 Å². The van der Waals surface area contributed by atoms with E-state index in [0.29, 0.717) is 21.5 Å². The number of hydrogen-bond donors (Lipinski definition) is 0. The van der Waals surface area contributed by atoms with E-state index in [1.165, 1.54) is 11.8 Å². The van der Waals surface area contributed by atoms with E-state index in [1.807, 2.05) is 54.6 Å². The number of benzene rings is 2. The van der Waals surface area contributed by atoms with Crippen LogP contribution < -0.4 is 9.47 Å². The van der Waals surface area contributed by atoms with Crippen molar-refractivity contribution in [3.8, 4) is 11.5 Å². The van der Waals surface area contributed by atoms with Crippen LogP contribution in [-0.4, -0.2) is 21.9 Å². The van der Waals surface area contributed by atoms with Gasteiger partial charge in [0.1, 0.15) is 4.32 Å². The molecule has 2 aliphatic heterocycles. The summed E-state index contributed by atoms with van der Waals surface area (Å²) < 4.78 is 11.3. The zero-order valence-corrected chi connectivity index (χ0v) is 14.2. The molecule has 1 amide bonds. The summed E-state index contributed by atoms with van der Waals surface area (Å²) in [4.78, 5) is 14.9. The molecule has 4 nitrogen and oxygen atoms in total. The Morgan fingerprint density at radius 3 is 2.75 bits per heavy atom. The van der Waals surface area contributed by atoms with Crippen molar-refractivity contribution in [2.75, 3.05) is 6.79 Å². The average Bonchev–Trinajstić information content (AvgIpc) is 3.16. The van der Waals surface area contributed by atoms with Crippen LogP contribution in [0.2, 0.25) is 0 Å². The highest BCUT2D eigenvalue weighted by molar-refractivity contribution is 8.26. The molecule has 2 heterocycles. The zero-order chi connectivity index (χ0) is 16.5. The molecule has 6 heteroatoms. The number of amides is 1. The molecule has 0 bridgehead atoms. The Labute approximate surface area is 149 Å². The van der Waals surface area contributed by atoms with E-state index in [0.717, 1.165) is 16.9 Å². The standard InChI is InChI=1S/C18H13NO3S2/c20-17-16(9-13-6-7-14-15(8-13)22-11-21-14)24-18(23)19(17)10-12-4-2-1-3-5-12/h1-9H,10-11H2/b16-9-. The maximum absolute atomic E-state index is 12.7. The van der Waals surface area contributed by atoms with Crippen molar-refractivity contribution in [1.29, 1.82) is 0 Å². The molecule has 2 aromatic carbocycles. The molecule has 2 aliphatic rings. The number of thioether (sulfide) groups is 1. The molecular weight excluding hydrogens is 342 g/mol. The number of hydrogen-bond acceptors (Lipinski definition) is 5. The molecule has 4 rings (SSSR count). The minimum atomic E-state index is -0.0634. The molecule has 2 aromatic rings. The fraction of sp³-hybridized carbons (Fsp3) is 0.111. The predicted molar refractivity (Wildman–Crippen MR) is 97.7 cm³/mol. The number of nitrogens with zero attached hydrogens (tertiary/aromatic N) is 1. The molecule has 1 fully saturated rings. The van der Waals surface area contributed by atoms with Crippen molar-refractivity contribution in [3.05, 3.63) is 64.6 Å². The molecule has 0 aliphatic carbocycles. The highest BCUT2D eigenvalue weighted by Crippen LogP contribution is 2.36. The lowest BCUT2D eigenvalue weighted by Gasteiger charge is -2.14. The molecule has 24 heavy (non-hydrogen) atoms. The van der Waals surface area contributed by atoms with E-state index in [-0.39, 0.29) is 12.7 Å². The van der Waals surface area contributed by atoms with E-state index >= 15 is 0 Å². The smallest absolute Gasteiger partial charge is 0.266 e. The molecule has 0 spiro atoms. The summed E-state index contributed by atoms with van der Waals surface area (Å²) >= 11 is 6.70. The van der Waals surface area contributed by atoms with E-state index in [4.69, 9.17) is 21.7 Å². The van der Waals surface area contributed by atoms with Crippen LogP contribution in [0.25, 0.3) is 6.08 Å². The number of thiocarbonyl (C=S) groups is 1. The van der Waals surface area contributed by atoms with Gasteiger partial charge in [-0.2, -0.15) is 0 Å². The van der Waals surface area contributed by atoms with E-state index < -0.39 is 0 Å². The van der Waals surface area contributed by atoms with E-state index in [2.05, 4.69) is 0 Å². The van der Waals surface area contributed by atoms with Crippen LogP contribution in [-0.2, 0) is 11.3 Å². The maximum atomic E-state index is 12.7. The fourth-order valence-electron chi connectivity index (χ4n) is 2.56. The van der Waals surface area contributed by atoms with Gasteiger partial charge in [0, 0.05) is 0 Å². The molecule has 0 N–H and O–H groups in total. The highest BCUT2D eigenvalue weighted by atomic mass is 32.2. The predicted octanol–water partition coefficient (Wildman–Crippen LogP) is 3.82. The summed E-state index contributed by atoms with van der Waals surface area (Å²) in [7, 11) is 0. The molecule has 1 saturated heterocycles. The molecular formula is C18H13NO3S2. The lowest BCUT2D eigenvalue weighted by molar-refractivity contribution is -0.122. The van der Waals surface area contributed by atoms with Crippen molar-refractivity contribution in [2.24, 2.45) is 0 Å². The minimum Gasteiger partial charge on any atom is -0.454 e. The van der Waals surface area contributed by atoms with Crippen molar-refractivity contribution in [3.63, 3.8) is 0 Å². The SMILES string of the molecule is O=C1/C(=C/c2ccc3c(c2)OCO3)SC(=S)N1Cc1ccccc1. The topological polar surface area (TPSA) is 38.8 Å². The molecule has 0 radical (unpaired) electrons. The summed E-state index contributed by atoms with van der Waals surface area (Å²) in [5, 5.41) is 0. The number of rotatable bonds is 3. The summed E-state index contributed by atoms with van der Waals surface area (Å²) in [6.07, 6.45) is 1.84. The van der Waals surface area contributed by atoms with Gasteiger partial charge in [-0.3, -0.25) is 9.69 Å². The maximum Gasteiger partial charge on any atom is 0.266 e. The zero-order valence-electron chi connectivity index (χ0n) is 12.6. The van der Waals surface area contributed by atoms with Crippen LogP contribution in [0.5, 0.6) is 11.5 Å². The molecule has 0 aromatic heterocycles. The van der Waals surface area contributed by atoms with Gasteiger partial charge in [0.25, 0.3) is 5.91 Å². The number of carbonyl (C=O) groups is 1. The lowest BCUT2D eigenvalue weighted by Crippen LogP contribution is -2.27. The first-order chi connectivity index (χ1) is 11.7. The summed E-state index contributed by atoms with van der Waals surface area (Å²) in [6, 6.07) is 15.4. The van der Waals surface area contributed by atoms with Crippen molar-refractivity contribution >= 4 is 40.3 Å². The minimum absolute atomic E-state index is 0.0634. The van der Waals surface area contributed by atoms with Gasteiger partial charge in [-0.15, -0.1) is 0 Å². The number of fused-ring (bicyclic) bond motifs is 1. The first kappa shape index (κ1) is 15.2. The Bertz CT molecular complexity index is 849. The van der Waals surface area contributed by atoms with Gasteiger partial charge in [0.15, 0.2) is 11.5 Å². The summed E-state index contributed by atoms with van der Waals surface area (Å²) in [6.45, 7) is 0.724. The largest absolute Gasteiger partial charge is 0.454 e. The summed E-state index contributed by atoms with van der Waals surface area (Å²) in [5.41, 5.74) is 1.94. The van der Waals surface area contributed by atoms with E-state index in [1.54, 1.807) is 4.90 Å². The second-order valence-electron chi connectivity index (χ2n) is 5.37. The third kappa shape index (κ3) is 2.90. The Morgan fingerprint density at radius 2 is 1.92 bits per heavy atom. The van der Waals surface area contributed by atoms with Gasteiger partial charge in [-0.05, 0) is 29.3 Å². The highest BCUT2D eigenvalue weighted by Gasteiger charge is 2.32. The Kier molecular flexibility index (Phi) is 4.00. The van der Waals surface area contributed by atoms with Gasteiger partial charge in [0.2, 0.25) is 6.79 Å². The Hall–Kier alpha value is -2.31. The Balaban J connectivity index is 1.56. The number of carbonyl (C=O) groups excluding carboxylic acids is 1. The quantitative estimate of drug-likeness (QED) is 0.618. The van der Waals surface area contributed by atoms with Crippen LogP contribution in [0.15, 0.2) is 53.4 Å². The second kappa shape index (κ2) is 6.30. The van der Waals surface area contributed by atoms with Gasteiger partial charge >= 0.3 is 0 Å². The van der Waals surface area contributed by atoms with E-state index in [9.17, 15) is 4.79 Å². The van der Waals surface area contributed by atoms with Crippen LogP contribution in [0, 0.1) is 0 Å². The van der Waals surface area contributed by atoms with Crippen molar-refractivity contribution in [2.45, 2.75) is 6.54 Å². The summed E-state index contributed by atoms with van der Waals surface area (Å²) in [5.74, 6) is 1.36. The van der Waals surface area contributed by atoms with Gasteiger partial charge in [0.05, 0.1) is 11.4 Å². The van der Waals surface area contributed by atoms with Crippen LogP contribution >= 0.6 is 24.0 Å². The normalized spacial score (nSPS) is 17.8. The average molecular weight is 355 g/mol. The molecule has 0 atom stereocenters. The molecule has 0 saturated carbocycles. The van der Waals surface area contributed by atoms with Gasteiger partial charge in [-0.25, -0.2) is 0 Å². The fourth-order valence-corrected chi connectivity index (χ4v) is 3.81. The first-order valence-corrected chi connectivity index (χ1v) is 8.62. The van der Waals surface area contributed by atoms with Crippen LogP contribution in [0.1, 0.15) is 11.1 Å². The van der Waals surface area contributed by atoms with Gasteiger partial charge in [-0.1, -0.05) is 60.4 Å². The van der Waals surface area contributed by atoms with Crippen molar-refractivity contribution in [1.82, 2.24) is 4.90 Å². The van der Waals surface area contributed by atoms with Crippen LogP contribution in [0.4, 0.5) is 0 Å². The third-order valence-corrected chi connectivity index (χ3v) is 5.13. The Morgan fingerprint density at radius 1 is 1.12 bits per heavy atom. The van der Waals surface area contributed by atoms with Gasteiger partial charge < -0.3 is 9.47 Å². The molecule has 120 valence electrons. The second-order valence-corrected chi connectivity index (χ2v) is 7.04. The third-order valence-electron chi connectivity index (χ3n) is 3.75. The van der Waals surface area contributed by atoms with Crippen LogP contribution in [0.3, 0.4) is 0 Å². The number of ether oxygens (including phenoxy) is 2. The molecule has 0 unspecified atom stereocenters. The first-order valence-electron chi connectivity index (χ1n) is 7.40. The monoisotopic (exact) mass is 355 g/mol. The lowest BCUT2D eigenvalue weighted by atomic mass is 10.2.